The monoisotopic (exact) mass is 284 g/mol. The van der Waals surface area contributed by atoms with Gasteiger partial charge in [0, 0.05) is 6.04 Å². The lowest BCUT2D eigenvalue weighted by Crippen LogP contribution is -2.29. The first-order valence-corrected chi connectivity index (χ1v) is 7.57. The summed E-state index contributed by atoms with van der Waals surface area (Å²) in [5.41, 5.74) is 7.45. The van der Waals surface area contributed by atoms with Crippen LogP contribution in [0.2, 0.25) is 0 Å². The number of benzene rings is 1. The van der Waals surface area contributed by atoms with Gasteiger partial charge in [0.25, 0.3) is 0 Å². The molecule has 0 bridgehead atoms. The minimum absolute atomic E-state index is 0.137. The van der Waals surface area contributed by atoms with Crippen molar-refractivity contribution < 1.29 is 0 Å². The summed E-state index contributed by atoms with van der Waals surface area (Å²) in [5, 5.41) is 8.42. The summed E-state index contributed by atoms with van der Waals surface area (Å²) in [5.74, 6) is 5.76. The topological polar surface area (TPSA) is 63.8 Å². The second kappa shape index (κ2) is 7.86. The molecule has 1 heterocycles. The van der Waals surface area contributed by atoms with E-state index in [1.54, 1.807) is 0 Å². The molecule has 3 N–H and O–H groups in total. The van der Waals surface area contributed by atoms with E-state index < -0.39 is 0 Å². The fourth-order valence-corrected chi connectivity index (χ4v) is 2.59. The maximum atomic E-state index is 5.76. The number of aromatic nitrogens is 2. The van der Waals surface area contributed by atoms with Gasteiger partial charge in [-0.15, -0.1) is 0 Å². The van der Waals surface area contributed by atoms with Crippen molar-refractivity contribution in [2.45, 2.75) is 45.6 Å². The van der Waals surface area contributed by atoms with E-state index in [0.29, 0.717) is 0 Å². The molecule has 0 aliphatic carbocycles. The summed E-state index contributed by atoms with van der Waals surface area (Å²) in [4.78, 5) is 0. The van der Waals surface area contributed by atoms with E-state index in [1.165, 1.54) is 11.1 Å². The van der Waals surface area contributed by atoms with Gasteiger partial charge in [-0.25, -0.2) is 0 Å². The Hall–Kier alpha value is -1.78. The number of hydrogen-bond donors (Lipinski definition) is 2. The summed E-state index contributed by atoms with van der Waals surface area (Å²) in [6, 6.07) is 12.8. The zero-order valence-corrected chi connectivity index (χ0v) is 12.8. The van der Waals surface area contributed by atoms with Crippen molar-refractivity contribution in [3.05, 3.63) is 58.9 Å². The summed E-state index contributed by atoms with van der Waals surface area (Å²) in [7, 11) is 0. The fourth-order valence-electron chi connectivity index (χ4n) is 2.59. The molecule has 2 rings (SSSR count). The second-order valence-electron chi connectivity index (χ2n) is 5.34. The van der Waals surface area contributed by atoms with E-state index in [4.69, 9.17) is 5.84 Å². The quantitative estimate of drug-likeness (QED) is 0.606. The van der Waals surface area contributed by atoms with Crippen molar-refractivity contribution in [2.75, 3.05) is 0 Å². The first kappa shape index (κ1) is 15.6. The normalized spacial score (nSPS) is 12.3. The van der Waals surface area contributed by atoms with E-state index in [9.17, 15) is 0 Å². The van der Waals surface area contributed by atoms with Crippen LogP contribution in [0, 0.1) is 6.92 Å². The van der Waals surface area contributed by atoms with Crippen LogP contribution < -0.4 is 11.3 Å². The maximum Gasteiger partial charge on any atom is 0.0676 e. The van der Waals surface area contributed by atoms with Gasteiger partial charge in [0.1, 0.15) is 0 Å². The number of hydrazine groups is 1. The minimum Gasteiger partial charge on any atom is -0.271 e. The fraction of sp³-hybridized carbons (Fsp3) is 0.412. The van der Waals surface area contributed by atoms with Crippen LogP contribution in [0.25, 0.3) is 0 Å². The molecule has 0 fully saturated rings. The van der Waals surface area contributed by atoms with Crippen LogP contribution in [0.1, 0.15) is 48.3 Å². The van der Waals surface area contributed by atoms with Gasteiger partial charge in [-0.3, -0.25) is 11.3 Å². The van der Waals surface area contributed by atoms with E-state index in [-0.39, 0.29) is 6.04 Å². The molecule has 0 amide bonds. The van der Waals surface area contributed by atoms with Crippen molar-refractivity contribution in [3.8, 4) is 0 Å². The predicted molar refractivity (Wildman–Crippen MR) is 85.6 cm³/mol. The summed E-state index contributed by atoms with van der Waals surface area (Å²) >= 11 is 0. The molecule has 1 aromatic heterocycles. The smallest absolute Gasteiger partial charge is 0.0676 e. The van der Waals surface area contributed by atoms with Crippen molar-refractivity contribution in [2.24, 2.45) is 5.84 Å². The number of hydrogen-bond acceptors (Lipinski definition) is 4. The van der Waals surface area contributed by atoms with Crippen molar-refractivity contribution >= 4 is 0 Å². The van der Waals surface area contributed by atoms with Gasteiger partial charge in [0.05, 0.1) is 11.4 Å². The van der Waals surface area contributed by atoms with Gasteiger partial charge in [0.2, 0.25) is 0 Å². The average Bonchev–Trinajstić information content (AvgIpc) is 2.52. The van der Waals surface area contributed by atoms with Crippen molar-refractivity contribution in [1.29, 1.82) is 0 Å². The molecule has 4 heteroatoms. The number of nitrogens with two attached hydrogens (primary N) is 1. The molecule has 4 nitrogen and oxygen atoms in total. The first-order chi connectivity index (χ1) is 10.2. The van der Waals surface area contributed by atoms with Gasteiger partial charge in [0.15, 0.2) is 0 Å². The molecule has 0 aliphatic rings. The zero-order chi connectivity index (χ0) is 15.1. The molecular formula is C17H24N4. The molecule has 1 unspecified atom stereocenters. The SMILES string of the molecule is CCc1nnc(C)cc1C(CCCc1ccccc1)NN. The van der Waals surface area contributed by atoms with Crippen LogP contribution in [-0.4, -0.2) is 10.2 Å². The molecule has 0 radical (unpaired) electrons. The van der Waals surface area contributed by atoms with Crippen LogP contribution in [0.5, 0.6) is 0 Å². The molecule has 2 aromatic rings. The van der Waals surface area contributed by atoms with E-state index in [0.717, 1.165) is 37.1 Å². The van der Waals surface area contributed by atoms with Crippen molar-refractivity contribution in [1.82, 2.24) is 15.6 Å². The molecule has 1 atom stereocenters. The number of nitrogens with zero attached hydrogens (tertiary/aromatic N) is 2. The van der Waals surface area contributed by atoms with Gasteiger partial charge in [-0.05, 0) is 49.8 Å². The van der Waals surface area contributed by atoms with Crippen LogP contribution in [-0.2, 0) is 12.8 Å². The third kappa shape index (κ3) is 4.34. The summed E-state index contributed by atoms with van der Waals surface area (Å²) in [6.45, 7) is 4.06. The lowest BCUT2D eigenvalue weighted by Gasteiger charge is -2.19. The Morgan fingerprint density at radius 2 is 1.95 bits per heavy atom. The first-order valence-electron chi connectivity index (χ1n) is 7.57. The Labute approximate surface area is 126 Å². The maximum absolute atomic E-state index is 5.76. The van der Waals surface area contributed by atoms with Crippen LogP contribution in [0.4, 0.5) is 0 Å². The predicted octanol–water partition coefficient (Wildman–Crippen LogP) is 2.87. The van der Waals surface area contributed by atoms with Crippen LogP contribution >= 0.6 is 0 Å². The lowest BCUT2D eigenvalue weighted by atomic mass is 9.97. The standard InChI is InChI=1S/C17H24N4/c1-3-16-15(12-13(2)20-21-16)17(19-18)11-7-10-14-8-5-4-6-9-14/h4-6,8-9,12,17,19H,3,7,10-11,18H2,1-2H3. The summed E-state index contributed by atoms with van der Waals surface area (Å²) in [6.07, 6.45) is 4.02. The highest BCUT2D eigenvalue weighted by molar-refractivity contribution is 5.25. The van der Waals surface area contributed by atoms with Gasteiger partial charge >= 0.3 is 0 Å². The Balaban J connectivity index is 2.01. The van der Waals surface area contributed by atoms with E-state index in [1.807, 2.05) is 13.0 Å². The molecule has 0 saturated heterocycles. The molecule has 21 heavy (non-hydrogen) atoms. The highest BCUT2D eigenvalue weighted by atomic mass is 15.2. The number of aryl methyl sites for hydroxylation is 3. The lowest BCUT2D eigenvalue weighted by molar-refractivity contribution is 0.491. The Bertz CT molecular complexity index is 554. The largest absolute Gasteiger partial charge is 0.271 e. The number of nitrogens with one attached hydrogen (secondary N) is 1. The average molecular weight is 284 g/mol. The van der Waals surface area contributed by atoms with E-state index >= 15 is 0 Å². The third-order valence-electron chi connectivity index (χ3n) is 3.74. The Morgan fingerprint density at radius 1 is 1.19 bits per heavy atom. The van der Waals surface area contributed by atoms with Crippen LogP contribution in [0.3, 0.4) is 0 Å². The van der Waals surface area contributed by atoms with Crippen molar-refractivity contribution in [3.63, 3.8) is 0 Å². The highest BCUT2D eigenvalue weighted by Gasteiger charge is 2.15. The number of rotatable bonds is 7. The Kier molecular flexibility index (Phi) is 5.84. The Morgan fingerprint density at radius 3 is 2.62 bits per heavy atom. The second-order valence-corrected chi connectivity index (χ2v) is 5.34. The molecule has 1 aromatic carbocycles. The van der Waals surface area contributed by atoms with Gasteiger partial charge < -0.3 is 0 Å². The zero-order valence-electron chi connectivity index (χ0n) is 12.8. The molecule has 0 saturated carbocycles. The van der Waals surface area contributed by atoms with Gasteiger partial charge in [-0.2, -0.15) is 10.2 Å². The highest BCUT2D eigenvalue weighted by Crippen LogP contribution is 2.22. The third-order valence-corrected chi connectivity index (χ3v) is 3.74. The van der Waals surface area contributed by atoms with Gasteiger partial charge in [-0.1, -0.05) is 37.3 Å². The molecule has 0 aliphatic heterocycles. The molecule has 0 spiro atoms. The molecular weight excluding hydrogens is 260 g/mol. The minimum atomic E-state index is 0.137. The van der Waals surface area contributed by atoms with Crippen LogP contribution in [0.15, 0.2) is 36.4 Å². The molecule has 112 valence electrons. The summed E-state index contributed by atoms with van der Waals surface area (Å²) < 4.78 is 0. The van der Waals surface area contributed by atoms with E-state index in [2.05, 4.69) is 52.9 Å².